The number of unbranched alkanes of at least 4 members (excludes halogenated alkanes) is 2. The summed E-state index contributed by atoms with van der Waals surface area (Å²) >= 11 is 0. The smallest absolute Gasteiger partial charge is 0.296 e. The van der Waals surface area contributed by atoms with Crippen LogP contribution in [0.3, 0.4) is 0 Å². The van der Waals surface area contributed by atoms with Crippen molar-refractivity contribution in [1.29, 1.82) is 0 Å². The average Bonchev–Trinajstić information content (AvgIpc) is 2.28. The zero-order chi connectivity index (χ0) is 13.6. The van der Waals surface area contributed by atoms with Gasteiger partial charge >= 0.3 is 0 Å². The molecule has 0 fully saturated rings. The molecular formula is C12H17NO4S. The van der Waals surface area contributed by atoms with E-state index < -0.39 is 10.1 Å². The van der Waals surface area contributed by atoms with Crippen molar-refractivity contribution in [3.05, 3.63) is 24.3 Å². The van der Waals surface area contributed by atoms with Crippen molar-refractivity contribution in [3.8, 4) is 0 Å². The number of anilines is 1. The van der Waals surface area contributed by atoms with Crippen molar-refractivity contribution < 1.29 is 17.8 Å². The quantitative estimate of drug-likeness (QED) is 0.615. The number of hydrogen-bond donors (Lipinski definition) is 2. The highest BCUT2D eigenvalue weighted by molar-refractivity contribution is 7.86. The maximum absolute atomic E-state index is 11.6. The molecule has 1 aromatic rings. The van der Waals surface area contributed by atoms with E-state index in [0.717, 1.165) is 19.3 Å². The van der Waals surface area contributed by atoms with Gasteiger partial charge in [-0.2, -0.15) is 8.42 Å². The summed E-state index contributed by atoms with van der Waals surface area (Å²) < 4.78 is 31.2. The second kappa shape index (κ2) is 6.51. The minimum Gasteiger partial charge on any atom is -0.325 e. The van der Waals surface area contributed by atoms with Gasteiger partial charge in [0.1, 0.15) is 4.90 Å². The normalized spacial score (nSPS) is 11.2. The number of hydrogen-bond acceptors (Lipinski definition) is 3. The maximum Gasteiger partial charge on any atom is 0.296 e. The van der Waals surface area contributed by atoms with Gasteiger partial charge in [0, 0.05) is 6.42 Å². The molecular weight excluding hydrogens is 254 g/mol. The van der Waals surface area contributed by atoms with Crippen LogP contribution in [0.1, 0.15) is 32.6 Å². The molecule has 0 saturated heterocycles. The molecule has 100 valence electrons. The first-order chi connectivity index (χ1) is 8.45. The average molecular weight is 271 g/mol. The van der Waals surface area contributed by atoms with E-state index in [2.05, 4.69) is 5.32 Å². The predicted molar refractivity (Wildman–Crippen MR) is 69.0 cm³/mol. The Morgan fingerprint density at radius 1 is 1.28 bits per heavy atom. The number of amides is 1. The lowest BCUT2D eigenvalue weighted by Gasteiger charge is -2.08. The SMILES string of the molecule is CCCCCC(=O)Nc1ccccc1S(=O)(=O)O. The first-order valence-electron chi connectivity index (χ1n) is 5.81. The van der Waals surface area contributed by atoms with Gasteiger partial charge in [-0.3, -0.25) is 9.35 Å². The van der Waals surface area contributed by atoms with Crippen LogP contribution in [-0.4, -0.2) is 18.9 Å². The first-order valence-corrected chi connectivity index (χ1v) is 7.25. The van der Waals surface area contributed by atoms with Crippen LogP contribution in [-0.2, 0) is 14.9 Å². The van der Waals surface area contributed by atoms with Crippen molar-refractivity contribution in [1.82, 2.24) is 0 Å². The summed E-state index contributed by atoms with van der Waals surface area (Å²) in [6, 6.07) is 5.77. The molecule has 1 amide bonds. The lowest BCUT2D eigenvalue weighted by Crippen LogP contribution is -2.14. The Labute approximate surface area is 107 Å². The predicted octanol–water partition coefficient (Wildman–Crippen LogP) is 2.45. The molecule has 1 rings (SSSR count). The number of carbonyl (C=O) groups is 1. The Bertz CT molecular complexity index is 511. The van der Waals surface area contributed by atoms with Crippen LogP contribution in [0.2, 0.25) is 0 Å². The number of nitrogens with one attached hydrogen (secondary N) is 1. The summed E-state index contributed by atoms with van der Waals surface area (Å²) in [5, 5.41) is 2.50. The van der Waals surface area contributed by atoms with E-state index in [1.165, 1.54) is 18.2 Å². The fourth-order valence-corrected chi connectivity index (χ4v) is 2.19. The summed E-state index contributed by atoms with van der Waals surface area (Å²) in [6.45, 7) is 2.03. The molecule has 2 N–H and O–H groups in total. The highest BCUT2D eigenvalue weighted by Crippen LogP contribution is 2.20. The van der Waals surface area contributed by atoms with E-state index in [1.807, 2.05) is 6.92 Å². The molecule has 0 unspecified atom stereocenters. The molecule has 0 saturated carbocycles. The van der Waals surface area contributed by atoms with Crippen molar-refractivity contribution in [2.75, 3.05) is 5.32 Å². The van der Waals surface area contributed by atoms with Gasteiger partial charge in [0.05, 0.1) is 5.69 Å². The van der Waals surface area contributed by atoms with E-state index in [9.17, 15) is 13.2 Å². The van der Waals surface area contributed by atoms with E-state index in [1.54, 1.807) is 6.07 Å². The summed E-state index contributed by atoms with van der Waals surface area (Å²) in [4.78, 5) is 11.3. The fourth-order valence-electron chi connectivity index (χ4n) is 1.54. The molecule has 0 radical (unpaired) electrons. The number of para-hydroxylation sites is 1. The van der Waals surface area contributed by atoms with Crippen LogP contribution in [0.15, 0.2) is 29.2 Å². The van der Waals surface area contributed by atoms with Crippen LogP contribution in [0, 0.1) is 0 Å². The van der Waals surface area contributed by atoms with Gasteiger partial charge in [0.25, 0.3) is 10.1 Å². The van der Waals surface area contributed by atoms with E-state index in [0.29, 0.717) is 6.42 Å². The molecule has 5 nitrogen and oxygen atoms in total. The molecule has 0 atom stereocenters. The van der Waals surface area contributed by atoms with Gasteiger partial charge in [0.2, 0.25) is 5.91 Å². The lowest BCUT2D eigenvalue weighted by molar-refractivity contribution is -0.116. The largest absolute Gasteiger partial charge is 0.325 e. The molecule has 0 spiro atoms. The molecule has 0 aliphatic rings. The summed E-state index contributed by atoms with van der Waals surface area (Å²) in [5.74, 6) is -0.250. The zero-order valence-corrected chi connectivity index (χ0v) is 11.0. The van der Waals surface area contributed by atoms with Crippen LogP contribution >= 0.6 is 0 Å². The third-order valence-corrected chi connectivity index (χ3v) is 3.36. The summed E-state index contributed by atoms with van der Waals surface area (Å²) in [7, 11) is -4.32. The Morgan fingerprint density at radius 2 is 1.94 bits per heavy atom. The van der Waals surface area contributed by atoms with E-state index in [-0.39, 0.29) is 16.5 Å². The minimum absolute atomic E-state index is 0.112. The van der Waals surface area contributed by atoms with Crippen molar-refractivity contribution >= 4 is 21.7 Å². The third kappa shape index (κ3) is 4.46. The molecule has 0 aromatic heterocycles. The van der Waals surface area contributed by atoms with Crippen LogP contribution in [0.4, 0.5) is 5.69 Å². The molecule has 0 aliphatic carbocycles. The first kappa shape index (κ1) is 14.7. The Hall–Kier alpha value is -1.40. The van der Waals surface area contributed by atoms with E-state index >= 15 is 0 Å². The minimum atomic E-state index is -4.32. The zero-order valence-electron chi connectivity index (χ0n) is 10.2. The van der Waals surface area contributed by atoms with Crippen LogP contribution in [0.25, 0.3) is 0 Å². The summed E-state index contributed by atoms with van der Waals surface area (Å²) in [5.41, 5.74) is 0.112. The Balaban J connectivity index is 2.76. The second-order valence-electron chi connectivity index (χ2n) is 3.98. The van der Waals surface area contributed by atoms with Gasteiger partial charge in [-0.25, -0.2) is 0 Å². The third-order valence-electron chi connectivity index (χ3n) is 2.45. The Morgan fingerprint density at radius 3 is 2.56 bits per heavy atom. The molecule has 6 heteroatoms. The lowest BCUT2D eigenvalue weighted by atomic mass is 10.2. The highest BCUT2D eigenvalue weighted by Gasteiger charge is 2.15. The van der Waals surface area contributed by atoms with Crippen molar-refractivity contribution in [2.24, 2.45) is 0 Å². The van der Waals surface area contributed by atoms with Gasteiger partial charge < -0.3 is 5.32 Å². The summed E-state index contributed by atoms with van der Waals surface area (Å²) in [6.07, 6.45) is 3.06. The molecule has 18 heavy (non-hydrogen) atoms. The van der Waals surface area contributed by atoms with Gasteiger partial charge in [-0.1, -0.05) is 31.9 Å². The highest BCUT2D eigenvalue weighted by atomic mass is 32.2. The molecule has 1 aromatic carbocycles. The van der Waals surface area contributed by atoms with E-state index in [4.69, 9.17) is 4.55 Å². The topological polar surface area (TPSA) is 83.5 Å². The standard InChI is InChI=1S/C12H17NO4S/c1-2-3-4-9-12(14)13-10-7-5-6-8-11(10)18(15,16)17/h5-8H,2-4,9H2,1H3,(H,13,14)(H,15,16,17). The maximum atomic E-state index is 11.6. The fraction of sp³-hybridized carbons (Fsp3) is 0.417. The Kier molecular flexibility index (Phi) is 5.30. The number of benzene rings is 1. The molecule has 0 bridgehead atoms. The van der Waals surface area contributed by atoms with Crippen molar-refractivity contribution in [3.63, 3.8) is 0 Å². The van der Waals surface area contributed by atoms with Crippen LogP contribution < -0.4 is 5.32 Å². The second-order valence-corrected chi connectivity index (χ2v) is 5.37. The van der Waals surface area contributed by atoms with Gasteiger partial charge in [-0.15, -0.1) is 0 Å². The van der Waals surface area contributed by atoms with Crippen LogP contribution in [0.5, 0.6) is 0 Å². The number of rotatable bonds is 6. The monoisotopic (exact) mass is 271 g/mol. The van der Waals surface area contributed by atoms with Gasteiger partial charge in [0.15, 0.2) is 0 Å². The molecule has 0 heterocycles. The van der Waals surface area contributed by atoms with Gasteiger partial charge in [-0.05, 0) is 18.6 Å². The number of carbonyl (C=O) groups excluding carboxylic acids is 1. The molecule has 0 aliphatic heterocycles. The van der Waals surface area contributed by atoms with Crippen molar-refractivity contribution in [2.45, 2.75) is 37.5 Å².